The third-order valence-corrected chi connectivity index (χ3v) is 5.26. The maximum atomic E-state index is 12.8. The molecule has 0 saturated carbocycles. The number of fused-ring (bicyclic) bond motifs is 1. The van der Waals surface area contributed by atoms with Gasteiger partial charge in [0.1, 0.15) is 5.82 Å². The molecule has 0 fully saturated rings. The van der Waals surface area contributed by atoms with Crippen LogP contribution in [0.25, 0.3) is 0 Å². The fourth-order valence-electron chi connectivity index (χ4n) is 2.77. The Bertz CT molecular complexity index is 791. The van der Waals surface area contributed by atoms with Crippen molar-refractivity contribution in [3.8, 4) is 0 Å². The van der Waals surface area contributed by atoms with Crippen LogP contribution in [0, 0.1) is 0 Å². The molecule has 0 saturated heterocycles. The van der Waals surface area contributed by atoms with Crippen LogP contribution in [0.2, 0.25) is 0 Å². The van der Waals surface area contributed by atoms with E-state index in [4.69, 9.17) is 0 Å². The van der Waals surface area contributed by atoms with Gasteiger partial charge < -0.3 is 9.88 Å². The summed E-state index contributed by atoms with van der Waals surface area (Å²) >= 11 is 1.27. The Labute approximate surface area is 153 Å². The van der Waals surface area contributed by atoms with Crippen molar-refractivity contribution in [1.82, 2.24) is 14.8 Å². The Kier molecular flexibility index (Phi) is 5.55. The summed E-state index contributed by atoms with van der Waals surface area (Å²) in [7, 11) is 0. The molecule has 0 radical (unpaired) electrons. The van der Waals surface area contributed by atoms with E-state index in [1.54, 1.807) is 6.92 Å². The number of amides is 1. The fraction of sp³-hybridized carbons (Fsp3) is 0.471. The van der Waals surface area contributed by atoms with E-state index < -0.39 is 17.0 Å². The van der Waals surface area contributed by atoms with Crippen LogP contribution >= 0.6 is 11.8 Å². The summed E-state index contributed by atoms with van der Waals surface area (Å²) in [6.45, 7) is 2.53. The lowest BCUT2D eigenvalue weighted by molar-refractivity contribution is -0.137. The van der Waals surface area contributed by atoms with Gasteiger partial charge in [0.05, 0.1) is 10.8 Å². The van der Waals surface area contributed by atoms with Crippen molar-refractivity contribution < 1.29 is 18.0 Å². The summed E-state index contributed by atoms with van der Waals surface area (Å²) in [4.78, 5) is 12.4. The lowest BCUT2D eigenvalue weighted by atomic mass is 10.2. The number of thioether (sulfide) groups is 1. The molecule has 1 atom stereocenters. The van der Waals surface area contributed by atoms with Gasteiger partial charge in [0.2, 0.25) is 5.91 Å². The van der Waals surface area contributed by atoms with E-state index in [0.717, 1.165) is 50.2 Å². The molecule has 1 aromatic heterocycles. The summed E-state index contributed by atoms with van der Waals surface area (Å²) in [6.07, 6.45) is -0.310. The van der Waals surface area contributed by atoms with Crippen LogP contribution in [0.3, 0.4) is 0 Å². The zero-order chi connectivity index (χ0) is 18.7. The van der Waals surface area contributed by atoms with Crippen LogP contribution < -0.4 is 5.32 Å². The number of nitrogens with zero attached hydrogens (tertiary/aromatic N) is 3. The number of rotatable bonds is 4. The molecule has 3 rings (SSSR count). The molecule has 1 N–H and O–H groups in total. The van der Waals surface area contributed by atoms with E-state index in [1.807, 2.05) is 4.57 Å². The molecule has 9 heteroatoms. The molecule has 0 bridgehead atoms. The first kappa shape index (κ1) is 18.8. The van der Waals surface area contributed by atoms with Gasteiger partial charge in [-0.3, -0.25) is 4.79 Å². The number of carbonyl (C=O) groups excluding carboxylic acids is 1. The second kappa shape index (κ2) is 7.69. The summed E-state index contributed by atoms with van der Waals surface area (Å²) in [5.74, 6) is 0.552. The molecule has 1 aliphatic rings. The quantitative estimate of drug-likeness (QED) is 0.805. The minimum absolute atomic E-state index is 0.123. The predicted molar refractivity (Wildman–Crippen MR) is 93.0 cm³/mol. The van der Waals surface area contributed by atoms with E-state index >= 15 is 0 Å². The van der Waals surface area contributed by atoms with Gasteiger partial charge in [-0.2, -0.15) is 13.2 Å². The topological polar surface area (TPSA) is 59.8 Å². The van der Waals surface area contributed by atoms with Gasteiger partial charge in [0, 0.05) is 18.7 Å². The van der Waals surface area contributed by atoms with E-state index in [0.29, 0.717) is 5.16 Å². The Balaban J connectivity index is 1.67. The number of carbonyl (C=O) groups is 1. The monoisotopic (exact) mass is 384 g/mol. The Morgan fingerprint density at radius 1 is 1.27 bits per heavy atom. The Morgan fingerprint density at radius 2 is 2.08 bits per heavy atom. The number of aryl methyl sites for hydroxylation is 1. The minimum atomic E-state index is -4.44. The van der Waals surface area contributed by atoms with Crippen LogP contribution in [-0.2, 0) is 23.9 Å². The summed E-state index contributed by atoms with van der Waals surface area (Å²) in [6, 6.07) is 4.61. The molecule has 5 nitrogen and oxygen atoms in total. The Hall–Kier alpha value is -2.03. The van der Waals surface area contributed by atoms with E-state index in [-0.39, 0.29) is 11.6 Å². The first-order chi connectivity index (χ1) is 12.3. The molecular weight excluding hydrogens is 365 g/mol. The number of halogens is 3. The normalized spacial score (nSPS) is 15.8. The lowest BCUT2D eigenvalue weighted by Gasteiger charge is -2.14. The maximum Gasteiger partial charge on any atom is 0.416 e. The van der Waals surface area contributed by atoms with Crippen LogP contribution in [0.5, 0.6) is 0 Å². The Morgan fingerprint density at radius 3 is 2.85 bits per heavy atom. The molecular formula is C17H19F3N4OS. The number of anilines is 1. The molecule has 1 aromatic carbocycles. The largest absolute Gasteiger partial charge is 0.416 e. The number of aromatic nitrogens is 3. The number of alkyl halides is 3. The molecule has 0 unspecified atom stereocenters. The highest BCUT2D eigenvalue weighted by atomic mass is 32.2. The van der Waals surface area contributed by atoms with Gasteiger partial charge in [-0.05, 0) is 38.0 Å². The van der Waals surface area contributed by atoms with Gasteiger partial charge in [0.25, 0.3) is 0 Å². The van der Waals surface area contributed by atoms with E-state index in [9.17, 15) is 18.0 Å². The molecule has 2 aromatic rings. The summed E-state index contributed by atoms with van der Waals surface area (Å²) in [5.41, 5.74) is -0.671. The number of benzene rings is 1. The zero-order valence-electron chi connectivity index (χ0n) is 14.2. The lowest BCUT2D eigenvalue weighted by Crippen LogP contribution is -2.23. The molecule has 0 aliphatic carbocycles. The van der Waals surface area contributed by atoms with Crippen molar-refractivity contribution in [3.05, 3.63) is 35.7 Å². The smallest absolute Gasteiger partial charge is 0.325 e. The molecule has 1 amide bonds. The zero-order valence-corrected chi connectivity index (χ0v) is 15.0. The highest BCUT2D eigenvalue weighted by molar-refractivity contribution is 8.00. The summed E-state index contributed by atoms with van der Waals surface area (Å²) < 4.78 is 40.4. The average Bonchev–Trinajstić information content (AvgIpc) is 2.81. The second-order valence-corrected chi connectivity index (χ2v) is 7.50. The molecule has 2 heterocycles. The first-order valence-corrected chi connectivity index (χ1v) is 9.29. The van der Waals surface area contributed by atoms with Gasteiger partial charge in [-0.25, -0.2) is 0 Å². The SMILES string of the molecule is C[C@H](Sc1nnc2n1CCCCC2)C(=O)Nc1cccc(C(F)(F)F)c1. The standard InChI is InChI=1S/C17H19F3N4OS/c1-11(26-16-23-22-14-8-3-2-4-9-24(14)16)15(25)21-13-7-5-6-12(10-13)17(18,19)20/h5-7,10-11H,2-4,8-9H2,1H3,(H,21,25)/t11-/m0/s1. The van der Waals surface area contributed by atoms with Crippen LogP contribution in [0.1, 0.15) is 37.6 Å². The minimum Gasteiger partial charge on any atom is -0.325 e. The van der Waals surface area contributed by atoms with Gasteiger partial charge in [-0.1, -0.05) is 24.2 Å². The van der Waals surface area contributed by atoms with Crippen molar-refractivity contribution in [2.24, 2.45) is 0 Å². The van der Waals surface area contributed by atoms with Crippen molar-refractivity contribution >= 4 is 23.4 Å². The third-order valence-electron chi connectivity index (χ3n) is 4.18. The maximum absolute atomic E-state index is 12.8. The van der Waals surface area contributed by atoms with Crippen molar-refractivity contribution in [2.75, 3.05) is 5.32 Å². The third kappa shape index (κ3) is 4.38. The average molecular weight is 384 g/mol. The number of hydrogen-bond donors (Lipinski definition) is 1. The van der Waals surface area contributed by atoms with E-state index in [1.165, 1.54) is 23.9 Å². The van der Waals surface area contributed by atoms with Crippen molar-refractivity contribution in [3.63, 3.8) is 0 Å². The van der Waals surface area contributed by atoms with Crippen LogP contribution in [0.4, 0.5) is 18.9 Å². The first-order valence-electron chi connectivity index (χ1n) is 8.41. The fourth-order valence-corrected chi connectivity index (χ4v) is 3.67. The predicted octanol–water partition coefficient (Wildman–Crippen LogP) is 4.14. The van der Waals surface area contributed by atoms with Crippen molar-refractivity contribution in [2.45, 2.75) is 55.7 Å². The number of nitrogens with one attached hydrogen (secondary N) is 1. The molecule has 1 aliphatic heterocycles. The van der Waals surface area contributed by atoms with Crippen LogP contribution in [-0.4, -0.2) is 25.9 Å². The molecule has 26 heavy (non-hydrogen) atoms. The highest BCUT2D eigenvalue weighted by Crippen LogP contribution is 2.31. The molecule has 140 valence electrons. The van der Waals surface area contributed by atoms with Crippen molar-refractivity contribution in [1.29, 1.82) is 0 Å². The summed E-state index contributed by atoms with van der Waals surface area (Å²) in [5, 5.41) is 11.1. The van der Waals surface area contributed by atoms with Crippen LogP contribution in [0.15, 0.2) is 29.4 Å². The highest BCUT2D eigenvalue weighted by Gasteiger charge is 2.30. The van der Waals surface area contributed by atoms with Gasteiger partial charge in [-0.15, -0.1) is 10.2 Å². The van der Waals surface area contributed by atoms with Gasteiger partial charge >= 0.3 is 6.18 Å². The van der Waals surface area contributed by atoms with E-state index in [2.05, 4.69) is 15.5 Å². The number of hydrogen-bond acceptors (Lipinski definition) is 4. The van der Waals surface area contributed by atoms with Gasteiger partial charge in [0.15, 0.2) is 5.16 Å². The molecule has 0 spiro atoms. The second-order valence-electron chi connectivity index (χ2n) is 6.19.